The number of carboxylic acids is 1. The van der Waals surface area contributed by atoms with Gasteiger partial charge in [0.2, 0.25) is 0 Å². The summed E-state index contributed by atoms with van der Waals surface area (Å²) in [6, 6.07) is 0. The molecule has 124 valence electrons. The van der Waals surface area contributed by atoms with Crippen LogP contribution in [0.25, 0.3) is 0 Å². The van der Waals surface area contributed by atoms with Crippen molar-refractivity contribution in [2.75, 3.05) is 0 Å². The standard InChI is InChI=1S/C13H30O5Si3/c1-9-10-12(11(2)13(14)15)21(16,17-19(3,4)5)18-20(6,7)8/h16H,9-10H2,1-8H3,(H,14,15)/b12-11+. The molecule has 0 aliphatic rings. The van der Waals surface area contributed by atoms with Crippen LogP contribution in [0.1, 0.15) is 26.7 Å². The summed E-state index contributed by atoms with van der Waals surface area (Å²) in [4.78, 5) is 22.5. The number of carboxylic acid groups (broad SMARTS) is 1. The number of hydrogen-bond donors (Lipinski definition) is 2. The van der Waals surface area contributed by atoms with Gasteiger partial charge in [0.05, 0.1) is 0 Å². The predicted molar refractivity (Wildman–Crippen MR) is 92.1 cm³/mol. The van der Waals surface area contributed by atoms with Crippen LogP contribution in [0.3, 0.4) is 0 Å². The Morgan fingerprint density at radius 3 is 1.62 bits per heavy atom. The van der Waals surface area contributed by atoms with Crippen molar-refractivity contribution in [3.8, 4) is 0 Å². The molecule has 0 atom stereocenters. The topological polar surface area (TPSA) is 76.0 Å². The maximum absolute atomic E-state index is 11.4. The van der Waals surface area contributed by atoms with E-state index in [1.165, 1.54) is 6.92 Å². The third-order valence-corrected chi connectivity index (χ3v) is 11.0. The highest BCUT2D eigenvalue weighted by Crippen LogP contribution is 2.29. The van der Waals surface area contributed by atoms with Crippen molar-refractivity contribution in [2.24, 2.45) is 0 Å². The summed E-state index contributed by atoms with van der Waals surface area (Å²) < 4.78 is 12.0. The molecule has 0 rings (SSSR count). The minimum Gasteiger partial charge on any atom is -0.478 e. The van der Waals surface area contributed by atoms with Crippen molar-refractivity contribution in [3.05, 3.63) is 10.8 Å². The van der Waals surface area contributed by atoms with Crippen LogP contribution in [-0.4, -0.2) is 41.3 Å². The normalized spacial score (nSPS) is 14.9. The van der Waals surface area contributed by atoms with Crippen LogP contribution in [0.5, 0.6) is 0 Å². The van der Waals surface area contributed by atoms with E-state index in [0.717, 1.165) is 6.42 Å². The molecule has 0 aromatic carbocycles. The van der Waals surface area contributed by atoms with Crippen molar-refractivity contribution in [2.45, 2.75) is 66.0 Å². The summed E-state index contributed by atoms with van der Waals surface area (Å²) in [5.41, 5.74) is 0.155. The van der Waals surface area contributed by atoms with Crippen molar-refractivity contribution in [3.63, 3.8) is 0 Å². The van der Waals surface area contributed by atoms with Crippen LogP contribution in [0.4, 0.5) is 0 Å². The molecule has 0 aliphatic heterocycles. The average molecular weight is 351 g/mol. The summed E-state index contributed by atoms with van der Waals surface area (Å²) in [5.74, 6) is -1.03. The molecule has 8 heteroatoms. The molecule has 0 fully saturated rings. The zero-order valence-corrected chi connectivity index (χ0v) is 17.5. The highest BCUT2D eigenvalue weighted by molar-refractivity contribution is 6.88. The second kappa shape index (κ2) is 7.34. The van der Waals surface area contributed by atoms with Crippen molar-refractivity contribution in [1.29, 1.82) is 0 Å². The van der Waals surface area contributed by atoms with Gasteiger partial charge < -0.3 is 18.1 Å². The van der Waals surface area contributed by atoms with Gasteiger partial charge in [0, 0.05) is 10.8 Å². The fourth-order valence-electron chi connectivity index (χ4n) is 1.94. The molecule has 0 aromatic heterocycles. The average Bonchev–Trinajstić information content (AvgIpc) is 2.18. The van der Waals surface area contributed by atoms with Gasteiger partial charge in [-0.25, -0.2) is 4.79 Å². The molecule has 0 saturated carbocycles. The Morgan fingerprint density at radius 2 is 1.38 bits per heavy atom. The molecule has 0 saturated heterocycles. The molecule has 0 radical (unpaired) electrons. The van der Waals surface area contributed by atoms with E-state index in [0.29, 0.717) is 11.6 Å². The Balaban J connectivity index is 5.94. The van der Waals surface area contributed by atoms with Gasteiger partial charge in [-0.15, -0.1) is 0 Å². The van der Waals surface area contributed by atoms with E-state index in [1.54, 1.807) is 0 Å². The van der Waals surface area contributed by atoms with E-state index in [2.05, 4.69) is 0 Å². The van der Waals surface area contributed by atoms with Crippen molar-refractivity contribution in [1.82, 2.24) is 0 Å². The molecule has 0 aromatic rings. The Morgan fingerprint density at radius 1 is 1.00 bits per heavy atom. The van der Waals surface area contributed by atoms with E-state index < -0.39 is 31.4 Å². The summed E-state index contributed by atoms with van der Waals surface area (Å²) in [5, 5.41) is 9.76. The van der Waals surface area contributed by atoms with Gasteiger partial charge in [-0.05, 0) is 52.6 Å². The van der Waals surface area contributed by atoms with E-state index in [-0.39, 0.29) is 5.57 Å². The van der Waals surface area contributed by atoms with Crippen LogP contribution < -0.4 is 0 Å². The fourth-order valence-corrected chi connectivity index (χ4v) is 11.2. The third kappa shape index (κ3) is 7.52. The summed E-state index contributed by atoms with van der Waals surface area (Å²) in [6.07, 6.45) is 1.22. The fraction of sp³-hybridized carbons (Fsp3) is 0.769. The monoisotopic (exact) mass is 350 g/mol. The molecule has 0 amide bonds. The maximum atomic E-state index is 11.4. The SMILES string of the molecule is CCC/C(=C(/C)C(=O)O)[Si](O)(O[Si](C)(C)C)O[Si](C)(C)C. The first kappa shape index (κ1) is 20.7. The maximum Gasteiger partial charge on any atom is 0.509 e. The molecule has 0 bridgehead atoms. The molecule has 0 unspecified atom stereocenters. The molecule has 21 heavy (non-hydrogen) atoms. The minimum absolute atomic E-state index is 0.155. The first-order chi connectivity index (χ1) is 9.22. The molecule has 0 spiro atoms. The van der Waals surface area contributed by atoms with Gasteiger partial charge in [-0.3, -0.25) is 0 Å². The summed E-state index contributed by atoms with van der Waals surface area (Å²) in [7, 11) is -7.84. The number of carbonyl (C=O) groups is 1. The number of allylic oxidation sites excluding steroid dienone is 1. The summed E-state index contributed by atoms with van der Waals surface area (Å²) >= 11 is 0. The number of rotatable bonds is 8. The highest BCUT2D eigenvalue weighted by Gasteiger charge is 2.49. The van der Waals surface area contributed by atoms with E-state index in [1.807, 2.05) is 46.2 Å². The molecule has 0 aliphatic carbocycles. The van der Waals surface area contributed by atoms with Gasteiger partial charge in [-0.2, -0.15) is 0 Å². The van der Waals surface area contributed by atoms with Gasteiger partial charge in [0.15, 0.2) is 16.6 Å². The lowest BCUT2D eigenvalue weighted by atomic mass is 10.2. The molecule has 2 N–H and O–H groups in total. The van der Waals surface area contributed by atoms with Crippen molar-refractivity contribution < 1.29 is 22.9 Å². The second-order valence-corrected chi connectivity index (χ2v) is 19.0. The Kier molecular flexibility index (Phi) is 7.25. The van der Waals surface area contributed by atoms with E-state index in [9.17, 15) is 14.7 Å². The molecular weight excluding hydrogens is 320 g/mol. The lowest BCUT2D eigenvalue weighted by molar-refractivity contribution is -0.132. The Hall–Kier alpha value is -0.259. The van der Waals surface area contributed by atoms with Gasteiger partial charge in [0.1, 0.15) is 0 Å². The van der Waals surface area contributed by atoms with E-state index in [4.69, 9.17) is 8.23 Å². The molecular formula is C13H30O5Si3. The molecule has 5 nitrogen and oxygen atoms in total. The van der Waals surface area contributed by atoms with Crippen molar-refractivity contribution >= 4 is 31.4 Å². The van der Waals surface area contributed by atoms with E-state index >= 15 is 0 Å². The van der Waals surface area contributed by atoms with Crippen LogP contribution >= 0.6 is 0 Å². The van der Waals surface area contributed by atoms with Gasteiger partial charge >= 0.3 is 14.8 Å². The largest absolute Gasteiger partial charge is 0.509 e. The highest BCUT2D eigenvalue weighted by atomic mass is 28.5. The predicted octanol–water partition coefficient (Wildman–Crippen LogP) is 3.36. The lowest BCUT2D eigenvalue weighted by Gasteiger charge is -2.37. The first-order valence-corrected chi connectivity index (χ1v) is 15.9. The van der Waals surface area contributed by atoms with Gasteiger partial charge in [0.25, 0.3) is 0 Å². The first-order valence-electron chi connectivity index (χ1n) is 7.28. The Bertz CT molecular complexity index is 391. The lowest BCUT2D eigenvalue weighted by Crippen LogP contribution is -2.57. The van der Waals surface area contributed by atoms with Crippen LogP contribution in [-0.2, 0) is 13.0 Å². The number of aliphatic carboxylic acids is 1. The zero-order chi connectivity index (χ0) is 17.1. The zero-order valence-electron chi connectivity index (χ0n) is 14.5. The molecule has 0 heterocycles. The Labute approximate surface area is 131 Å². The van der Waals surface area contributed by atoms with Gasteiger partial charge in [-0.1, -0.05) is 13.3 Å². The third-order valence-electron chi connectivity index (χ3n) is 2.54. The van der Waals surface area contributed by atoms with Crippen LogP contribution in [0.15, 0.2) is 10.8 Å². The minimum atomic E-state index is -3.67. The number of hydrogen-bond acceptors (Lipinski definition) is 4. The second-order valence-electron chi connectivity index (χ2n) is 7.17. The van der Waals surface area contributed by atoms with Crippen LogP contribution in [0.2, 0.25) is 39.3 Å². The smallest absolute Gasteiger partial charge is 0.478 e. The summed E-state index contributed by atoms with van der Waals surface area (Å²) in [6.45, 7) is 15.3. The van der Waals surface area contributed by atoms with Crippen LogP contribution in [0, 0.1) is 0 Å². The quantitative estimate of drug-likeness (QED) is 0.518.